The molecule has 3 aromatic carbocycles. The van der Waals surface area contributed by atoms with E-state index in [0.29, 0.717) is 32.8 Å². The van der Waals surface area contributed by atoms with Crippen LogP contribution in [0.5, 0.6) is 11.5 Å². The van der Waals surface area contributed by atoms with Crippen molar-refractivity contribution in [1.29, 1.82) is 0 Å². The van der Waals surface area contributed by atoms with Crippen LogP contribution in [0.3, 0.4) is 0 Å². The standard InChI is InChI=1S/C24H19N5O5S2/c1-33-15-8-9-16-21(12-15)36-23(25-16)27-22(30)13-35-24-26-17-11-14(29(31)32)7-10-18(17)28(24)19-5-3-4-6-20(19)34-2/h3-12H,13H2,1-2H3,(H,25,27,30). The Morgan fingerprint density at radius 2 is 1.92 bits per heavy atom. The van der Waals surface area contributed by atoms with E-state index in [2.05, 4.69) is 15.3 Å². The summed E-state index contributed by atoms with van der Waals surface area (Å²) >= 11 is 2.57. The summed E-state index contributed by atoms with van der Waals surface area (Å²) in [6.07, 6.45) is 0. The number of carbonyl (C=O) groups excluding carboxylic acids is 1. The van der Waals surface area contributed by atoms with E-state index in [1.165, 1.54) is 35.2 Å². The minimum Gasteiger partial charge on any atom is -0.497 e. The number of rotatable bonds is 8. The molecule has 0 fully saturated rings. The van der Waals surface area contributed by atoms with Crippen LogP contribution in [0.1, 0.15) is 0 Å². The molecule has 0 radical (unpaired) electrons. The van der Waals surface area contributed by atoms with Crippen LogP contribution in [0.15, 0.2) is 65.8 Å². The van der Waals surface area contributed by atoms with Crippen molar-refractivity contribution >= 4 is 61.1 Å². The van der Waals surface area contributed by atoms with Gasteiger partial charge in [-0.25, -0.2) is 9.97 Å². The third kappa shape index (κ3) is 4.55. The van der Waals surface area contributed by atoms with Crippen LogP contribution in [-0.4, -0.2) is 45.3 Å². The molecule has 0 aliphatic heterocycles. The highest BCUT2D eigenvalue weighted by Gasteiger charge is 2.20. The molecule has 2 aromatic heterocycles. The van der Waals surface area contributed by atoms with E-state index in [9.17, 15) is 14.9 Å². The van der Waals surface area contributed by atoms with Gasteiger partial charge in [-0.3, -0.25) is 19.5 Å². The molecule has 1 N–H and O–H groups in total. The normalized spacial score (nSPS) is 11.1. The van der Waals surface area contributed by atoms with Gasteiger partial charge in [-0.05, 0) is 36.4 Å². The molecule has 36 heavy (non-hydrogen) atoms. The van der Waals surface area contributed by atoms with Crippen molar-refractivity contribution < 1.29 is 19.2 Å². The highest BCUT2D eigenvalue weighted by Crippen LogP contribution is 2.34. The molecular weight excluding hydrogens is 502 g/mol. The molecule has 182 valence electrons. The molecule has 12 heteroatoms. The third-order valence-electron chi connectivity index (χ3n) is 5.32. The van der Waals surface area contributed by atoms with E-state index >= 15 is 0 Å². The molecule has 0 bridgehead atoms. The number of hydrogen-bond donors (Lipinski definition) is 1. The topological polar surface area (TPSA) is 121 Å². The second kappa shape index (κ2) is 9.84. The molecule has 0 aliphatic rings. The fourth-order valence-electron chi connectivity index (χ4n) is 3.68. The number of nitrogens with one attached hydrogen (secondary N) is 1. The second-order valence-electron chi connectivity index (χ2n) is 7.52. The van der Waals surface area contributed by atoms with Gasteiger partial charge >= 0.3 is 0 Å². The Hall–Kier alpha value is -4.16. The van der Waals surface area contributed by atoms with Crippen molar-refractivity contribution in [3.05, 3.63) is 70.8 Å². The fourth-order valence-corrected chi connectivity index (χ4v) is 5.41. The van der Waals surface area contributed by atoms with Crippen LogP contribution < -0.4 is 14.8 Å². The number of nitro groups is 1. The monoisotopic (exact) mass is 521 g/mol. The third-order valence-corrected chi connectivity index (χ3v) is 7.19. The lowest BCUT2D eigenvalue weighted by Gasteiger charge is -2.12. The van der Waals surface area contributed by atoms with E-state index < -0.39 is 4.92 Å². The number of thiazole rings is 1. The maximum absolute atomic E-state index is 12.8. The van der Waals surface area contributed by atoms with Gasteiger partial charge in [-0.2, -0.15) is 0 Å². The maximum Gasteiger partial charge on any atom is 0.271 e. The quantitative estimate of drug-likeness (QED) is 0.166. The molecule has 0 saturated carbocycles. The number of thioether (sulfide) groups is 1. The SMILES string of the molecule is COc1ccc2nc(NC(=O)CSc3nc4cc([N+](=O)[O-])ccc4n3-c3ccccc3OC)sc2c1. The summed E-state index contributed by atoms with van der Waals surface area (Å²) in [4.78, 5) is 32.6. The number of aromatic nitrogens is 3. The van der Waals surface area contributed by atoms with E-state index in [0.717, 1.165) is 16.0 Å². The molecule has 5 rings (SSSR count). The number of benzene rings is 3. The molecule has 1 amide bonds. The van der Waals surface area contributed by atoms with Crippen molar-refractivity contribution in [3.63, 3.8) is 0 Å². The maximum atomic E-state index is 12.8. The molecule has 0 aliphatic carbocycles. The number of nitro benzene ring substituents is 1. The number of methoxy groups -OCH3 is 2. The molecule has 0 spiro atoms. The van der Waals surface area contributed by atoms with Gasteiger partial charge in [0.05, 0.1) is 51.8 Å². The predicted octanol–water partition coefficient (Wildman–Crippen LogP) is 5.29. The van der Waals surface area contributed by atoms with Crippen molar-refractivity contribution in [2.75, 3.05) is 25.3 Å². The number of ether oxygens (including phenoxy) is 2. The van der Waals surface area contributed by atoms with Crippen LogP contribution in [0, 0.1) is 10.1 Å². The molecule has 10 nitrogen and oxygen atoms in total. The largest absolute Gasteiger partial charge is 0.497 e. The van der Waals surface area contributed by atoms with Crippen molar-refractivity contribution in [2.24, 2.45) is 0 Å². The van der Waals surface area contributed by atoms with Gasteiger partial charge in [0.2, 0.25) is 5.91 Å². The lowest BCUT2D eigenvalue weighted by molar-refractivity contribution is -0.384. The average Bonchev–Trinajstić information content (AvgIpc) is 3.46. The summed E-state index contributed by atoms with van der Waals surface area (Å²) < 4.78 is 13.5. The van der Waals surface area contributed by atoms with Crippen LogP contribution in [0.4, 0.5) is 10.8 Å². The highest BCUT2D eigenvalue weighted by atomic mass is 32.2. The smallest absolute Gasteiger partial charge is 0.271 e. The van der Waals surface area contributed by atoms with Crippen molar-refractivity contribution in [1.82, 2.24) is 14.5 Å². The molecule has 0 atom stereocenters. The molecule has 2 heterocycles. The van der Waals surface area contributed by atoms with Crippen molar-refractivity contribution in [2.45, 2.75) is 5.16 Å². The Kier molecular flexibility index (Phi) is 6.44. The summed E-state index contributed by atoms with van der Waals surface area (Å²) in [6.45, 7) is 0. The molecule has 0 saturated heterocycles. The summed E-state index contributed by atoms with van der Waals surface area (Å²) in [5, 5.41) is 15.1. The zero-order valence-electron chi connectivity index (χ0n) is 19.1. The number of non-ortho nitro benzene ring substituents is 1. The van der Waals surface area contributed by atoms with Gasteiger partial charge in [0, 0.05) is 12.1 Å². The number of imidazole rings is 1. The lowest BCUT2D eigenvalue weighted by Crippen LogP contribution is -2.14. The van der Waals surface area contributed by atoms with Crippen LogP contribution >= 0.6 is 23.1 Å². The molecule has 5 aromatic rings. The van der Waals surface area contributed by atoms with E-state index in [1.807, 2.05) is 47.0 Å². The Balaban J connectivity index is 1.43. The Morgan fingerprint density at radius 3 is 2.69 bits per heavy atom. The lowest BCUT2D eigenvalue weighted by atomic mass is 10.2. The van der Waals surface area contributed by atoms with Gasteiger partial charge in [0.25, 0.3) is 5.69 Å². The molecule has 0 unspecified atom stereocenters. The van der Waals surface area contributed by atoms with Crippen LogP contribution in [-0.2, 0) is 4.79 Å². The number of amides is 1. The van der Waals surface area contributed by atoms with Gasteiger partial charge in [0.15, 0.2) is 10.3 Å². The minimum absolute atomic E-state index is 0.0554. The first-order chi connectivity index (χ1) is 17.5. The molecular formula is C24H19N5O5S2. The highest BCUT2D eigenvalue weighted by molar-refractivity contribution is 7.99. The van der Waals surface area contributed by atoms with Gasteiger partial charge < -0.3 is 14.8 Å². The zero-order valence-corrected chi connectivity index (χ0v) is 20.8. The minimum atomic E-state index is -0.463. The average molecular weight is 522 g/mol. The number of nitrogens with zero attached hydrogens (tertiary/aromatic N) is 4. The number of hydrogen-bond acceptors (Lipinski definition) is 9. The first-order valence-corrected chi connectivity index (χ1v) is 12.4. The number of carbonyl (C=O) groups is 1. The van der Waals surface area contributed by atoms with Crippen molar-refractivity contribution in [3.8, 4) is 17.2 Å². The Morgan fingerprint density at radius 1 is 1.08 bits per heavy atom. The summed E-state index contributed by atoms with van der Waals surface area (Å²) in [6, 6.07) is 17.4. The summed E-state index contributed by atoms with van der Waals surface area (Å²) in [5.41, 5.74) is 2.52. The van der Waals surface area contributed by atoms with E-state index in [4.69, 9.17) is 9.47 Å². The van der Waals surface area contributed by atoms with Gasteiger partial charge in [-0.15, -0.1) is 0 Å². The van der Waals surface area contributed by atoms with Crippen LogP contribution in [0.2, 0.25) is 0 Å². The summed E-state index contributed by atoms with van der Waals surface area (Å²) in [7, 11) is 3.16. The first-order valence-electron chi connectivity index (χ1n) is 10.6. The van der Waals surface area contributed by atoms with E-state index in [-0.39, 0.29) is 17.3 Å². The Labute approximate surface area is 213 Å². The summed E-state index contributed by atoms with van der Waals surface area (Å²) in [5.74, 6) is 1.12. The van der Waals surface area contributed by atoms with Gasteiger partial charge in [0.1, 0.15) is 11.5 Å². The Bertz CT molecular complexity index is 1610. The zero-order chi connectivity index (χ0) is 25.2. The number of fused-ring (bicyclic) bond motifs is 2. The first kappa shape index (κ1) is 23.6. The van der Waals surface area contributed by atoms with E-state index in [1.54, 1.807) is 20.3 Å². The number of anilines is 1. The fraction of sp³-hybridized carbons (Fsp3) is 0.125. The number of para-hydroxylation sites is 2. The second-order valence-corrected chi connectivity index (χ2v) is 9.49. The van der Waals surface area contributed by atoms with Crippen LogP contribution in [0.25, 0.3) is 26.9 Å². The van der Waals surface area contributed by atoms with Gasteiger partial charge in [-0.1, -0.05) is 35.2 Å². The predicted molar refractivity (Wildman–Crippen MR) is 140 cm³/mol.